The van der Waals surface area contributed by atoms with E-state index >= 15 is 0 Å². The molecule has 5 atom stereocenters. The van der Waals surface area contributed by atoms with E-state index in [4.69, 9.17) is 4.98 Å². The molecule has 1 unspecified atom stereocenters. The van der Waals surface area contributed by atoms with E-state index in [1.807, 2.05) is 18.2 Å². The summed E-state index contributed by atoms with van der Waals surface area (Å²) in [6, 6.07) is 4.71. The fourth-order valence-corrected chi connectivity index (χ4v) is 6.90. The molecule has 0 aliphatic heterocycles. The number of fused-ring (bicyclic) bond motifs is 2. The van der Waals surface area contributed by atoms with Crippen molar-refractivity contribution in [1.82, 2.24) is 30.9 Å². The Morgan fingerprint density at radius 3 is 2.41 bits per heavy atom. The number of nitrogens with zero attached hydrogens (tertiary/aromatic N) is 3. The van der Waals surface area contributed by atoms with Crippen LogP contribution in [0.25, 0.3) is 11.0 Å². The number of halogens is 4. The highest BCUT2D eigenvalue weighted by molar-refractivity contribution is 5.93. The lowest BCUT2D eigenvalue weighted by Gasteiger charge is -2.34. The van der Waals surface area contributed by atoms with Crippen LogP contribution in [-0.4, -0.2) is 43.9 Å². The number of carbonyl (C=O) groups excluding carboxylic acids is 2. The zero-order valence-corrected chi connectivity index (χ0v) is 22.3. The van der Waals surface area contributed by atoms with Gasteiger partial charge in [-0.2, -0.15) is 0 Å². The highest BCUT2D eigenvalue weighted by Crippen LogP contribution is 2.67. The first-order valence-corrected chi connectivity index (χ1v) is 14.1. The number of alkyl halides is 4. The lowest BCUT2D eigenvalue weighted by molar-refractivity contribution is -0.134. The van der Waals surface area contributed by atoms with Crippen LogP contribution in [-0.2, 0) is 4.79 Å². The number of H-pyrrole nitrogens is 1. The Balaban J connectivity index is 1.12. The van der Waals surface area contributed by atoms with Crippen LogP contribution >= 0.6 is 0 Å². The summed E-state index contributed by atoms with van der Waals surface area (Å²) in [4.78, 5) is 33.7. The van der Waals surface area contributed by atoms with Crippen LogP contribution in [0, 0.1) is 36.5 Å². The largest absolute Gasteiger partial charge is 0.349 e. The fourth-order valence-electron chi connectivity index (χ4n) is 6.90. The van der Waals surface area contributed by atoms with Crippen molar-refractivity contribution in [3.63, 3.8) is 0 Å². The van der Waals surface area contributed by atoms with E-state index in [9.17, 15) is 27.2 Å². The highest BCUT2D eigenvalue weighted by atomic mass is 19.3. The van der Waals surface area contributed by atoms with E-state index in [0.29, 0.717) is 22.6 Å². The van der Waals surface area contributed by atoms with Gasteiger partial charge in [0.15, 0.2) is 5.69 Å². The molecule has 2 amide bonds. The van der Waals surface area contributed by atoms with Crippen LogP contribution in [0.15, 0.2) is 22.8 Å². The molecule has 3 aromatic rings. The number of rotatable bonds is 9. The minimum absolute atomic E-state index is 0.0236. The number of aryl methyl sites for hydroxylation is 1. The predicted molar refractivity (Wildman–Crippen MR) is 136 cm³/mol. The van der Waals surface area contributed by atoms with Crippen molar-refractivity contribution in [2.24, 2.45) is 29.6 Å². The molecule has 4 fully saturated rings. The molecule has 0 radical (unpaired) electrons. The SMILES string of the molecule is Cc1nonc1C(=O)N[C@H](c1nc2ccc([C@H](NC(=O)CC3CC(F)(F)C3)C3CC3)cc2[nH]1)C1C[C@@H]2[C@H](C1)C2(F)F. The minimum Gasteiger partial charge on any atom is -0.349 e. The molecule has 0 bridgehead atoms. The van der Waals surface area contributed by atoms with E-state index in [2.05, 4.69) is 30.6 Å². The van der Waals surface area contributed by atoms with Gasteiger partial charge in [0.1, 0.15) is 11.5 Å². The van der Waals surface area contributed by atoms with Crippen LogP contribution in [0.2, 0.25) is 0 Å². The zero-order valence-electron chi connectivity index (χ0n) is 22.3. The topological polar surface area (TPSA) is 126 Å². The van der Waals surface area contributed by atoms with Gasteiger partial charge in [0, 0.05) is 31.1 Å². The third-order valence-corrected chi connectivity index (χ3v) is 9.34. The van der Waals surface area contributed by atoms with Gasteiger partial charge in [0.05, 0.1) is 23.1 Å². The summed E-state index contributed by atoms with van der Waals surface area (Å²) in [5.74, 6) is -7.27. The average Bonchev–Trinajstić information content (AvgIpc) is 3.52. The molecular weight excluding hydrogens is 544 g/mol. The smallest absolute Gasteiger partial charge is 0.276 e. The number of aromatic nitrogens is 4. The third-order valence-electron chi connectivity index (χ3n) is 9.34. The quantitative estimate of drug-likeness (QED) is 0.308. The third kappa shape index (κ3) is 4.86. The molecule has 0 spiro atoms. The lowest BCUT2D eigenvalue weighted by atomic mass is 9.79. The fraction of sp³-hybridized carbons (Fsp3) is 0.607. The Bertz CT molecular complexity index is 1500. The number of hydrogen-bond acceptors (Lipinski definition) is 6. The maximum atomic E-state index is 14.0. The van der Waals surface area contributed by atoms with Crippen LogP contribution < -0.4 is 10.6 Å². The molecule has 4 aliphatic rings. The number of carbonyl (C=O) groups is 2. The van der Waals surface area contributed by atoms with Crippen molar-refractivity contribution in [1.29, 1.82) is 0 Å². The summed E-state index contributed by atoms with van der Waals surface area (Å²) in [6.07, 6.45) is 2.03. The number of benzene rings is 1. The highest BCUT2D eigenvalue weighted by Gasteiger charge is 2.72. The Kier molecular flexibility index (Phi) is 5.95. The van der Waals surface area contributed by atoms with Crippen molar-refractivity contribution in [3.05, 3.63) is 41.0 Å². The van der Waals surface area contributed by atoms with Crippen molar-refractivity contribution in [2.45, 2.75) is 75.8 Å². The second-order valence-electron chi connectivity index (χ2n) is 12.4. The van der Waals surface area contributed by atoms with Crippen LogP contribution in [0.4, 0.5) is 17.6 Å². The predicted octanol–water partition coefficient (Wildman–Crippen LogP) is 5.02. The van der Waals surface area contributed by atoms with E-state index < -0.39 is 35.6 Å². The second-order valence-corrected chi connectivity index (χ2v) is 12.4. The monoisotopic (exact) mass is 574 g/mol. The summed E-state index contributed by atoms with van der Waals surface area (Å²) in [6.45, 7) is 1.59. The summed E-state index contributed by atoms with van der Waals surface area (Å²) in [7, 11) is 0. The normalized spacial score (nSPS) is 27.6. The Morgan fingerprint density at radius 2 is 1.78 bits per heavy atom. The first kappa shape index (κ1) is 26.4. The number of hydrogen-bond donors (Lipinski definition) is 3. The minimum atomic E-state index is -2.66. The second kappa shape index (κ2) is 9.25. The van der Waals surface area contributed by atoms with E-state index in [1.165, 1.54) is 0 Å². The van der Waals surface area contributed by atoms with Gasteiger partial charge >= 0.3 is 0 Å². The molecule has 4 saturated carbocycles. The number of aromatic amines is 1. The van der Waals surface area contributed by atoms with Gasteiger partial charge < -0.3 is 15.6 Å². The molecule has 13 heteroatoms. The maximum absolute atomic E-state index is 14.0. The molecule has 0 saturated heterocycles. The van der Waals surface area contributed by atoms with Crippen molar-refractivity contribution in [3.8, 4) is 0 Å². The van der Waals surface area contributed by atoms with Crippen molar-refractivity contribution in [2.75, 3.05) is 0 Å². The molecule has 7 rings (SSSR count). The van der Waals surface area contributed by atoms with Crippen LogP contribution in [0.3, 0.4) is 0 Å². The number of nitrogens with one attached hydrogen (secondary N) is 3. The average molecular weight is 575 g/mol. The van der Waals surface area contributed by atoms with Gasteiger partial charge in [-0.05, 0) is 73.2 Å². The van der Waals surface area contributed by atoms with Crippen molar-refractivity contribution >= 4 is 22.8 Å². The molecular formula is C28H30F4N6O3. The number of imidazole rings is 1. The first-order valence-electron chi connectivity index (χ1n) is 14.1. The van der Waals surface area contributed by atoms with Gasteiger partial charge in [0.2, 0.25) is 11.8 Å². The van der Waals surface area contributed by atoms with E-state index in [0.717, 1.165) is 18.4 Å². The summed E-state index contributed by atoms with van der Waals surface area (Å²) < 4.78 is 59.1. The molecule has 9 nitrogen and oxygen atoms in total. The molecule has 3 N–H and O–H groups in total. The Hall–Kier alpha value is -3.51. The lowest BCUT2D eigenvalue weighted by Crippen LogP contribution is -2.39. The Morgan fingerprint density at radius 1 is 1.05 bits per heavy atom. The van der Waals surface area contributed by atoms with E-state index in [-0.39, 0.29) is 67.5 Å². The van der Waals surface area contributed by atoms with Crippen LogP contribution in [0.5, 0.6) is 0 Å². The van der Waals surface area contributed by atoms with E-state index in [1.54, 1.807) is 6.92 Å². The summed E-state index contributed by atoms with van der Waals surface area (Å²) in [5.41, 5.74) is 2.52. The Labute approximate surface area is 232 Å². The van der Waals surface area contributed by atoms with Crippen LogP contribution in [0.1, 0.15) is 84.6 Å². The van der Waals surface area contributed by atoms with Gasteiger partial charge in [0.25, 0.3) is 11.8 Å². The maximum Gasteiger partial charge on any atom is 0.276 e. The molecule has 2 aromatic heterocycles. The van der Waals surface area contributed by atoms with Gasteiger partial charge in [-0.3, -0.25) is 9.59 Å². The molecule has 4 aliphatic carbocycles. The summed E-state index contributed by atoms with van der Waals surface area (Å²) >= 11 is 0. The molecule has 1 aromatic carbocycles. The zero-order chi connectivity index (χ0) is 28.7. The van der Waals surface area contributed by atoms with Gasteiger partial charge in [-0.25, -0.2) is 27.2 Å². The van der Waals surface area contributed by atoms with Gasteiger partial charge in [-0.1, -0.05) is 11.2 Å². The molecule has 218 valence electrons. The first-order chi connectivity index (χ1) is 19.5. The molecule has 41 heavy (non-hydrogen) atoms. The molecule has 2 heterocycles. The number of amides is 2. The van der Waals surface area contributed by atoms with Crippen molar-refractivity contribution < 1.29 is 31.8 Å². The standard InChI is InChI=1S/C28H30F4N6O3/c1-12-22(38-41-37-12)26(40)36-24(16-7-17-18(8-16)28(17,31)32)25-33-19-5-4-15(9-20(19)34-25)23(14-2-3-14)35-21(39)6-13-10-27(29,30)11-13/h4-5,9,13-14,16-18,23-24H,2-3,6-8,10-11H2,1H3,(H,33,34)(H,35,39)(H,36,40)/t16?,17-,18+,23-,24+/m1/s1. The van der Waals surface area contributed by atoms with Gasteiger partial charge in [-0.15, -0.1) is 0 Å². The summed E-state index contributed by atoms with van der Waals surface area (Å²) in [5, 5.41) is 13.3.